The van der Waals surface area contributed by atoms with Crippen LogP contribution in [0.5, 0.6) is 0 Å². The Balaban J connectivity index is 1.68. The number of nitrogens with zero attached hydrogens (tertiary/aromatic N) is 1. The van der Waals surface area contributed by atoms with E-state index in [0.717, 1.165) is 39.0 Å². The summed E-state index contributed by atoms with van der Waals surface area (Å²) in [5.74, 6) is 0.231. The second-order valence-corrected chi connectivity index (χ2v) is 5.95. The minimum absolute atomic E-state index is 0.0710. The molecule has 0 aromatic heterocycles. The highest BCUT2D eigenvalue weighted by atomic mass is 16.5. The van der Waals surface area contributed by atoms with E-state index >= 15 is 0 Å². The molecule has 4 heteroatoms. The molecule has 0 unspecified atom stereocenters. The van der Waals surface area contributed by atoms with Crippen molar-refractivity contribution in [2.24, 2.45) is 0 Å². The molecule has 3 rings (SSSR count). The Morgan fingerprint density at radius 1 is 1.43 bits per heavy atom. The largest absolute Gasteiger partial charge is 0.373 e. The van der Waals surface area contributed by atoms with E-state index in [1.54, 1.807) is 0 Å². The third-order valence-electron chi connectivity index (χ3n) is 4.59. The highest BCUT2D eigenvalue weighted by Gasteiger charge is 2.31. The van der Waals surface area contributed by atoms with Crippen molar-refractivity contribution in [3.05, 3.63) is 35.4 Å². The van der Waals surface area contributed by atoms with Crippen LogP contribution in [0.25, 0.3) is 0 Å². The summed E-state index contributed by atoms with van der Waals surface area (Å²) < 4.78 is 5.87. The first-order chi connectivity index (χ1) is 10.3. The fourth-order valence-electron chi connectivity index (χ4n) is 3.53. The predicted molar refractivity (Wildman–Crippen MR) is 82.1 cm³/mol. The van der Waals surface area contributed by atoms with Gasteiger partial charge >= 0.3 is 0 Å². The quantitative estimate of drug-likeness (QED) is 0.920. The molecule has 1 N–H and O–H groups in total. The van der Waals surface area contributed by atoms with Crippen LogP contribution in [0.3, 0.4) is 0 Å². The Labute approximate surface area is 126 Å². The summed E-state index contributed by atoms with van der Waals surface area (Å²) in [5.41, 5.74) is 2.52. The lowest BCUT2D eigenvalue weighted by Gasteiger charge is -2.29. The van der Waals surface area contributed by atoms with Crippen molar-refractivity contribution in [1.29, 1.82) is 0 Å². The molecule has 4 nitrogen and oxygen atoms in total. The van der Waals surface area contributed by atoms with Gasteiger partial charge in [0.05, 0.1) is 19.1 Å². The molecule has 1 fully saturated rings. The maximum Gasteiger partial charge on any atom is 0.225 e. The first-order valence-corrected chi connectivity index (χ1v) is 7.93. The van der Waals surface area contributed by atoms with E-state index < -0.39 is 0 Å². The molecule has 21 heavy (non-hydrogen) atoms. The van der Waals surface area contributed by atoms with Crippen molar-refractivity contribution in [3.8, 4) is 0 Å². The Morgan fingerprint density at radius 3 is 3.14 bits per heavy atom. The summed E-state index contributed by atoms with van der Waals surface area (Å²) in [6.07, 6.45) is 3.57. The van der Waals surface area contributed by atoms with E-state index in [4.69, 9.17) is 4.74 Å². The zero-order valence-corrected chi connectivity index (χ0v) is 12.7. The van der Waals surface area contributed by atoms with Gasteiger partial charge in [0.1, 0.15) is 0 Å². The van der Waals surface area contributed by atoms with Crippen LogP contribution in [0.2, 0.25) is 0 Å². The first kappa shape index (κ1) is 14.5. The van der Waals surface area contributed by atoms with Crippen molar-refractivity contribution in [3.63, 3.8) is 0 Å². The molecule has 0 spiro atoms. The smallest absolute Gasteiger partial charge is 0.225 e. The van der Waals surface area contributed by atoms with E-state index in [9.17, 15) is 4.79 Å². The number of hydrogen-bond acceptors (Lipinski definition) is 3. The average Bonchev–Trinajstić information content (AvgIpc) is 2.96. The van der Waals surface area contributed by atoms with Crippen molar-refractivity contribution in [2.75, 3.05) is 26.7 Å². The van der Waals surface area contributed by atoms with Gasteiger partial charge in [0.15, 0.2) is 0 Å². The number of ether oxygens (including phenoxy) is 1. The highest BCUT2D eigenvalue weighted by molar-refractivity contribution is 5.77. The maximum absolute atomic E-state index is 12.6. The number of amides is 1. The van der Waals surface area contributed by atoms with Crippen LogP contribution in [-0.4, -0.2) is 43.6 Å². The van der Waals surface area contributed by atoms with Crippen molar-refractivity contribution in [1.82, 2.24) is 10.2 Å². The SMILES string of the molecule is CNC[C@@H]1CCCN1C(=O)C[C@@H]1OCCc2ccccc21. The van der Waals surface area contributed by atoms with E-state index in [0.29, 0.717) is 12.5 Å². The predicted octanol–water partition coefficient (Wildman–Crippen LogP) is 1.90. The number of benzene rings is 1. The van der Waals surface area contributed by atoms with Crippen LogP contribution in [0.4, 0.5) is 0 Å². The van der Waals surface area contributed by atoms with Gasteiger partial charge in [-0.05, 0) is 37.4 Å². The molecular formula is C17H24N2O2. The lowest BCUT2D eigenvalue weighted by Crippen LogP contribution is -2.41. The molecule has 2 aliphatic heterocycles. The Kier molecular flexibility index (Phi) is 4.56. The number of likely N-dealkylation sites (tertiary alicyclic amines) is 1. The van der Waals surface area contributed by atoms with Crippen molar-refractivity contribution in [2.45, 2.75) is 37.8 Å². The van der Waals surface area contributed by atoms with Crippen LogP contribution < -0.4 is 5.32 Å². The molecule has 1 amide bonds. The average molecular weight is 288 g/mol. The van der Waals surface area contributed by atoms with Gasteiger partial charge in [0, 0.05) is 19.1 Å². The second-order valence-electron chi connectivity index (χ2n) is 5.95. The lowest BCUT2D eigenvalue weighted by molar-refractivity contribution is -0.135. The van der Waals surface area contributed by atoms with Gasteiger partial charge < -0.3 is 15.0 Å². The molecule has 0 aliphatic carbocycles. The summed E-state index contributed by atoms with van der Waals surface area (Å²) in [6, 6.07) is 8.69. The maximum atomic E-state index is 12.6. The molecule has 1 saturated heterocycles. The van der Waals surface area contributed by atoms with Crippen LogP contribution in [-0.2, 0) is 16.0 Å². The van der Waals surface area contributed by atoms with Crippen LogP contribution in [0.1, 0.15) is 36.5 Å². The summed E-state index contributed by atoms with van der Waals surface area (Å²) in [4.78, 5) is 14.7. The number of likely N-dealkylation sites (N-methyl/N-ethyl adjacent to an activating group) is 1. The number of carbonyl (C=O) groups excluding carboxylic acids is 1. The number of rotatable bonds is 4. The Hall–Kier alpha value is -1.39. The fourth-order valence-corrected chi connectivity index (χ4v) is 3.53. The van der Waals surface area contributed by atoms with Gasteiger partial charge in [-0.15, -0.1) is 0 Å². The standard InChI is InChI=1S/C17H24N2O2/c1-18-12-14-6-4-9-19(14)17(20)11-16-15-7-3-2-5-13(15)8-10-21-16/h2-3,5,7,14,16,18H,4,6,8-12H2,1H3/t14-,16-/m0/s1. The first-order valence-electron chi connectivity index (χ1n) is 7.93. The van der Waals surface area contributed by atoms with Gasteiger partial charge in [-0.2, -0.15) is 0 Å². The monoisotopic (exact) mass is 288 g/mol. The van der Waals surface area contributed by atoms with Crippen LogP contribution >= 0.6 is 0 Å². The number of nitrogens with one attached hydrogen (secondary N) is 1. The zero-order valence-electron chi connectivity index (χ0n) is 12.7. The Morgan fingerprint density at radius 2 is 2.29 bits per heavy atom. The molecule has 0 bridgehead atoms. The summed E-state index contributed by atoms with van der Waals surface area (Å²) in [7, 11) is 1.95. The molecule has 0 saturated carbocycles. The minimum atomic E-state index is -0.0710. The van der Waals surface area contributed by atoms with E-state index in [1.165, 1.54) is 11.1 Å². The molecule has 2 heterocycles. The van der Waals surface area contributed by atoms with Gasteiger partial charge in [-0.25, -0.2) is 0 Å². The molecule has 2 atom stereocenters. The third kappa shape index (κ3) is 3.11. The molecule has 2 aliphatic rings. The number of fused-ring (bicyclic) bond motifs is 1. The molecule has 0 radical (unpaired) electrons. The summed E-state index contributed by atoms with van der Waals surface area (Å²) >= 11 is 0. The number of hydrogen-bond donors (Lipinski definition) is 1. The lowest BCUT2D eigenvalue weighted by atomic mass is 9.95. The van der Waals surface area contributed by atoms with Crippen molar-refractivity contribution >= 4 is 5.91 Å². The number of carbonyl (C=O) groups is 1. The topological polar surface area (TPSA) is 41.6 Å². The summed E-state index contributed by atoms with van der Waals surface area (Å²) in [6.45, 7) is 2.49. The minimum Gasteiger partial charge on any atom is -0.373 e. The normalized spacial score (nSPS) is 24.9. The van der Waals surface area contributed by atoms with E-state index in [-0.39, 0.29) is 12.0 Å². The molecule has 1 aromatic carbocycles. The fraction of sp³-hybridized carbons (Fsp3) is 0.588. The van der Waals surface area contributed by atoms with Crippen LogP contribution in [0, 0.1) is 0 Å². The Bertz CT molecular complexity index is 503. The molecular weight excluding hydrogens is 264 g/mol. The van der Waals surface area contributed by atoms with E-state index in [1.807, 2.05) is 18.0 Å². The van der Waals surface area contributed by atoms with Gasteiger partial charge in [0.2, 0.25) is 5.91 Å². The van der Waals surface area contributed by atoms with Crippen LogP contribution in [0.15, 0.2) is 24.3 Å². The second kappa shape index (κ2) is 6.58. The molecule has 1 aromatic rings. The van der Waals surface area contributed by atoms with E-state index in [2.05, 4.69) is 23.5 Å². The highest BCUT2D eigenvalue weighted by Crippen LogP contribution is 2.31. The zero-order chi connectivity index (χ0) is 14.7. The van der Waals surface area contributed by atoms with Gasteiger partial charge in [-0.3, -0.25) is 4.79 Å². The van der Waals surface area contributed by atoms with Crippen molar-refractivity contribution < 1.29 is 9.53 Å². The summed E-state index contributed by atoms with van der Waals surface area (Å²) in [5, 5.41) is 3.19. The molecule has 114 valence electrons. The van der Waals surface area contributed by atoms with Gasteiger partial charge in [0.25, 0.3) is 0 Å². The van der Waals surface area contributed by atoms with Gasteiger partial charge in [-0.1, -0.05) is 24.3 Å². The third-order valence-corrected chi connectivity index (χ3v) is 4.59.